The van der Waals surface area contributed by atoms with Gasteiger partial charge in [-0.05, 0) is 59.3 Å². The molecule has 3 rings (SSSR count). The highest BCUT2D eigenvalue weighted by atomic mass is 16.4. The molecule has 2 aliphatic rings. The molecule has 0 radical (unpaired) electrons. The van der Waals surface area contributed by atoms with Gasteiger partial charge in [-0.2, -0.15) is 0 Å². The van der Waals surface area contributed by atoms with E-state index in [0.29, 0.717) is 12.2 Å². The number of piperidine rings is 1. The molecule has 1 aliphatic carbocycles. The van der Waals surface area contributed by atoms with Gasteiger partial charge in [0.2, 0.25) is 0 Å². The minimum absolute atomic E-state index is 0.0203. The zero-order chi connectivity index (χ0) is 19.5. The van der Waals surface area contributed by atoms with Crippen molar-refractivity contribution in [1.29, 1.82) is 0 Å². The van der Waals surface area contributed by atoms with Gasteiger partial charge in [-0.3, -0.25) is 4.79 Å². The molecule has 0 saturated carbocycles. The van der Waals surface area contributed by atoms with Crippen LogP contribution in [0.3, 0.4) is 0 Å². The van der Waals surface area contributed by atoms with Crippen molar-refractivity contribution < 1.29 is 14.3 Å². The maximum absolute atomic E-state index is 12.9. The monoisotopic (exact) mass is 362 g/mol. The van der Waals surface area contributed by atoms with Gasteiger partial charge >= 0.3 is 0 Å². The zero-order valence-corrected chi connectivity index (χ0v) is 17.2. The van der Waals surface area contributed by atoms with E-state index >= 15 is 0 Å². The Bertz CT molecular complexity index is 699. The van der Waals surface area contributed by atoms with E-state index in [2.05, 4.69) is 52.2 Å². The highest BCUT2D eigenvalue weighted by Crippen LogP contribution is 2.44. The maximum atomic E-state index is 12.9. The lowest BCUT2D eigenvalue weighted by Gasteiger charge is -2.46. The van der Waals surface area contributed by atoms with E-state index in [1.54, 1.807) is 0 Å². The van der Waals surface area contributed by atoms with Gasteiger partial charge in [-0.25, -0.2) is 0 Å². The van der Waals surface area contributed by atoms with Gasteiger partial charge in [-0.15, -0.1) is 0 Å². The maximum Gasteiger partial charge on any atom is 0.287 e. The summed E-state index contributed by atoms with van der Waals surface area (Å²) in [5.41, 5.74) is 1.52. The summed E-state index contributed by atoms with van der Waals surface area (Å²) >= 11 is 0. The van der Waals surface area contributed by atoms with Gasteiger partial charge < -0.3 is 20.2 Å². The first-order chi connectivity index (χ1) is 11.8. The van der Waals surface area contributed by atoms with Crippen molar-refractivity contribution in [3.05, 3.63) is 22.6 Å². The van der Waals surface area contributed by atoms with E-state index in [0.717, 1.165) is 36.1 Å². The van der Waals surface area contributed by atoms with Gasteiger partial charge in [0.25, 0.3) is 5.91 Å². The van der Waals surface area contributed by atoms with Gasteiger partial charge in [0, 0.05) is 34.7 Å². The van der Waals surface area contributed by atoms with Crippen LogP contribution in [0.5, 0.6) is 0 Å². The fourth-order valence-corrected chi connectivity index (χ4v) is 5.18. The van der Waals surface area contributed by atoms with Gasteiger partial charge in [0.1, 0.15) is 5.76 Å². The quantitative estimate of drug-likeness (QED) is 0.751. The summed E-state index contributed by atoms with van der Waals surface area (Å²) in [6.45, 7) is 14.8. The number of hydrogen-bond acceptors (Lipinski definition) is 4. The summed E-state index contributed by atoms with van der Waals surface area (Å²) in [4.78, 5) is 12.9. The number of carbonyl (C=O) groups excluding carboxylic acids is 1. The van der Waals surface area contributed by atoms with Crippen molar-refractivity contribution in [2.24, 2.45) is 5.41 Å². The van der Waals surface area contributed by atoms with Gasteiger partial charge in [0.05, 0.1) is 6.10 Å². The third-order valence-electron chi connectivity index (χ3n) is 5.72. The number of rotatable bonds is 2. The van der Waals surface area contributed by atoms with E-state index in [1.165, 1.54) is 0 Å². The Hall–Kier alpha value is -1.33. The Labute approximate surface area is 156 Å². The normalized spacial score (nSPS) is 27.0. The smallest absolute Gasteiger partial charge is 0.287 e. The van der Waals surface area contributed by atoms with Gasteiger partial charge in [0.15, 0.2) is 5.76 Å². The SMILES string of the molecule is Cc1c(C(=O)NC2CC(C)(C)NC(C)(C)C2)oc2c1[C@H](O)CC(C)(C)C2. The van der Waals surface area contributed by atoms with Crippen molar-refractivity contribution in [3.8, 4) is 0 Å². The fraction of sp³-hybridized carbons (Fsp3) is 0.762. The molecule has 146 valence electrons. The predicted molar refractivity (Wildman–Crippen MR) is 102 cm³/mol. The van der Waals surface area contributed by atoms with Crippen LogP contribution >= 0.6 is 0 Å². The van der Waals surface area contributed by atoms with Crippen molar-refractivity contribution in [1.82, 2.24) is 10.6 Å². The van der Waals surface area contributed by atoms with Crippen LogP contribution in [0, 0.1) is 12.3 Å². The molecule has 1 amide bonds. The van der Waals surface area contributed by atoms with E-state index in [4.69, 9.17) is 4.42 Å². The lowest BCUT2D eigenvalue weighted by molar-refractivity contribution is 0.0826. The number of aliphatic hydroxyl groups is 1. The average molecular weight is 363 g/mol. The molecule has 1 saturated heterocycles. The van der Waals surface area contributed by atoms with E-state index in [1.807, 2.05) is 6.92 Å². The molecule has 0 aromatic carbocycles. The minimum Gasteiger partial charge on any atom is -0.455 e. The molecule has 3 N–H and O–H groups in total. The Morgan fingerprint density at radius 3 is 2.27 bits per heavy atom. The van der Waals surface area contributed by atoms with E-state index < -0.39 is 6.10 Å². The molecule has 0 unspecified atom stereocenters. The van der Waals surface area contributed by atoms with Crippen LogP contribution in [-0.4, -0.2) is 28.1 Å². The topological polar surface area (TPSA) is 74.5 Å². The molecule has 5 nitrogen and oxygen atoms in total. The van der Waals surface area contributed by atoms with Gasteiger partial charge in [-0.1, -0.05) is 13.8 Å². The number of nitrogens with one attached hydrogen (secondary N) is 2. The molecule has 2 heterocycles. The number of hydrogen-bond donors (Lipinski definition) is 3. The Morgan fingerprint density at radius 1 is 1.12 bits per heavy atom. The minimum atomic E-state index is -0.559. The van der Waals surface area contributed by atoms with Crippen LogP contribution < -0.4 is 10.6 Å². The number of carbonyl (C=O) groups is 1. The number of furan rings is 1. The van der Waals surface area contributed by atoms with Crippen molar-refractivity contribution >= 4 is 5.91 Å². The van der Waals surface area contributed by atoms with Crippen LogP contribution in [0.1, 0.15) is 94.4 Å². The van der Waals surface area contributed by atoms with Crippen molar-refractivity contribution in [2.45, 2.75) is 97.4 Å². The van der Waals surface area contributed by atoms with Crippen molar-refractivity contribution in [3.63, 3.8) is 0 Å². The second kappa shape index (κ2) is 6.10. The van der Waals surface area contributed by atoms with E-state index in [-0.39, 0.29) is 28.4 Å². The molecule has 5 heteroatoms. The van der Waals surface area contributed by atoms with E-state index in [9.17, 15) is 9.90 Å². The summed E-state index contributed by atoms with van der Waals surface area (Å²) in [6, 6.07) is 0.0941. The third-order valence-corrected chi connectivity index (χ3v) is 5.72. The average Bonchev–Trinajstić information content (AvgIpc) is 2.70. The molecule has 1 aromatic rings. The third kappa shape index (κ3) is 3.84. The fourth-order valence-electron chi connectivity index (χ4n) is 5.18. The molecule has 1 fully saturated rings. The summed E-state index contributed by atoms with van der Waals surface area (Å²) in [5, 5.41) is 17.3. The Balaban J connectivity index is 1.81. The Morgan fingerprint density at radius 2 is 1.69 bits per heavy atom. The molecule has 1 atom stereocenters. The standard InChI is InChI=1S/C21H34N2O3/c1-12-16-14(24)10-19(2,3)11-15(16)26-17(12)18(25)22-13-8-20(4,5)23-21(6,7)9-13/h13-14,23-24H,8-11H2,1-7H3,(H,22,25)/t14-/m1/s1. The molecular formula is C21H34N2O3. The Kier molecular flexibility index (Phi) is 4.56. The zero-order valence-electron chi connectivity index (χ0n) is 17.2. The van der Waals surface area contributed by atoms with Crippen LogP contribution in [0.15, 0.2) is 4.42 Å². The summed E-state index contributed by atoms with van der Waals surface area (Å²) in [6.07, 6.45) is 2.63. The predicted octanol–water partition coefficient (Wildman–Crippen LogP) is 3.63. The summed E-state index contributed by atoms with van der Waals surface area (Å²) < 4.78 is 5.96. The van der Waals surface area contributed by atoms with Crippen LogP contribution in [-0.2, 0) is 6.42 Å². The summed E-state index contributed by atoms with van der Waals surface area (Å²) in [7, 11) is 0. The van der Waals surface area contributed by atoms with Crippen LogP contribution in [0.25, 0.3) is 0 Å². The molecule has 0 spiro atoms. The molecular weight excluding hydrogens is 328 g/mol. The first kappa shape index (κ1) is 19.4. The van der Waals surface area contributed by atoms with Crippen molar-refractivity contribution in [2.75, 3.05) is 0 Å². The lowest BCUT2D eigenvalue weighted by atomic mass is 9.75. The first-order valence-electron chi connectivity index (χ1n) is 9.69. The largest absolute Gasteiger partial charge is 0.455 e. The molecule has 1 aliphatic heterocycles. The van der Waals surface area contributed by atoms with Crippen LogP contribution in [0.4, 0.5) is 0 Å². The second-order valence-electron chi connectivity index (χ2n) is 10.4. The molecule has 26 heavy (non-hydrogen) atoms. The number of aliphatic hydroxyl groups excluding tert-OH is 1. The summed E-state index contributed by atoms with van der Waals surface area (Å²) in [5.74, 6) is 0.962. The van der Waals surface area contributed by atoms with Crippen LogP contribution in [0.2, 0.25) is 0 Å². The highest BCUT2D eigenvalue weighted by Gasteiger charge is 2.40. The molecule has 1 aromatic heterocycles. The lowest BCUT2D eigenvalue weighted by Crippen LogP contribution is -2.62. The highest BCUT2D eigenvalue weighted by molar-refractivity contribution is 5.93. The molecule has 0 bridgehead atoms. The second-order valence-corrected chi connectivity index (χ2v) is 10.4. The number of amides is 1. The number of fused-ring (bicyclic) bond motifs is 1. The first-order valence-corrected chi connectivity index (χ1v) is 9.69.